The number of allylic oxidation sites excluding steroid dienone is 1. The van der Waals surface area contributed by atoms with Gasteiger partial charge in [-0.2, -0.15) is 0 Å². The Morgan fingerprint density at radius 3 is 2.64 bits per heavy atom. The molecule has 0 unspecified atom stereocenters. The van der Waals surface area contributed by atoms with Gasteiger partial charge in [0, 0.05) is 32.2 Å². The molecule has 6 nitrogen and oxygen atoms in total. The van der Waals surface area contributed by atoms with E-state index in [0.717, 1.165) is 0 Å². The van der Waals surface area contributed by atoms with Crippen LogP contribution in [0.4, 0.5) is 0 Å². The van der Waals surface area contributed by atoms with Gasteiger partial charge < -0.3 is 19.5 Å². The fraction of sp³-hybridized carbons (Fsp3) is 0.333. The highest BCUT2D eigenvalue weighted by atomic mass is 35.5. The Morgan fingerprint density at radius 2 is 2.05 bits per heavy atom. The van der Waals surface area contributed by atoms with Gasteiger partial charge in [-0.3, -0.25) is 9.59 Å². The van der Waals surface area contributed by atoms with Crippen molar-refractivity contribution < 1.29 is 24.2 Å². The van der Waals surface area contributed by atoms with Crippen molar-refractivity contribution in [2.24, 2.45) is 0 Å². The van der Waals surface area contributed by atoms with Crippen LogP contribution in [-0.2, 0) is 9.53 Å². The van der Waals surface area contributed by atoms with Crippen LogP contribution < -0.4 is 4.74 Å². The molecule has 118 valence electrons. The number of carbonyl (C=O) groups is 2. The van der Waals surface area contributed by atoms with E-state index < -0.39 is 11.8 Å². The van der Waals surface area contributed by atoms with Crippen LogP contribution in [0.25, 0.3) is 0 Å². The molecule has 0 amide bonds. The number of ether oxygens (including phenoxy) is 2. The van der Waals surface area contributed by atoms with Crippen LogP contribution in [0.5, 0.6) is 11.5 Å². The number of rotatable bonds is 4. The molecule has 0 aromatic heterocycles. The lowest BCUT2D eigenvalue weighted by molar-refractivity contribution is -0.131. The van der Waals surface area contributed by atoms with Crippen LogP contribution in [0.15, 0.2) is 29.4 Å². The van der Waals surface area contributed by atoms with Crippen molar-refractivity contribution in [3.8, 4) is 11.5 Å². The summed E-state index contributed by atoms with van der Waals surface area (Å²) in [5.41, 5.74) is 0.0855. The molecule has 0 atom stereocenters. The first-order valence-corrected chi connectivity index (χ1v) is 7.11. The Bertz CT molecular complexity index is 608. The van der Waals surface area contributed by atoms with Gasteiger partial charge in [0.05, 0.1) is 18.8 Å². The summed E-state index contributed by atoms with van der Waals surface area (Å²) in [6.45, 7) is 3.59. The number of aromatic hydroxyl groups is 1. The maximum absolute atomic E-state index is 12.2. The SMILES string of the molecule is CC(=O)Oc1ccc(C(=O)/C=C(\Cl)N2CCOCC2)c(O)c1. The van der Waals surface area contributed by atoms with Crippen LogP contribution in [0, 0.1) is 0 Å². The molecule has 1 N–H and O–H groups in total. The molecule has 0 spiro atoms. The van der Waals surface area contributed by atoms with Crippen molar-refractivity contribution in [2.75, 3.05) is 26.3 Å². The zero-order valence-corrected chi connectivity index (χ0v) is 12.8. The molecule has 0 aliphatic carbocycles. The standard InChI is InChI=1S/C15H16ClNO5/c1-10(18)22-11-2-3-12(13(19)8-11)14(20)9-15(16)17-4-6-21-7-5-17/h2-3,8-9,19H,4-7H2,1H3/b15-9+. The minimum absolute atomic E-state index is 0.0855. The quantitative estimate of drug-likeness (QED) is 0.300. The number of esters is 1. The lowest BCUT2D eigenvalue weighted by atomic mass is 10.1. The molecular weight excluding hydrogens is 310 g/mol. The molecule has 0 saturated carbocycles. The van der Waals surface area contributed by atoms with E-state index in [9.17, 15) is 14.7 Å². The summed E-state index contributed by atoms with van der Waals surface area (Å²) in [5, 5.41) is 10.2. The number of morpholine rings is 1. The number of carbonyl (C=O) groups excluding carboxylic acids is 2. The molecule has 22 heavy (non-hydrogen) atoms. The topological polar surface area (TPSA) is 76.1 Å². The number of hydrogen-bond acceptors (Lipinski definition) is 6. The number of ketones is 1. The van der Waals surface area contributed by atoms with Gasteiger partial charge in [-0.15, -0.1) is 0 Å². The Labute approximate surface area is 132 Å². The van der Waals surface area contributed by atoms with Crippen molar-refractivity contribution in [3.63, 3.8) is 0 Å². The van der Waals surface area contributed by atoms with Gasteiger partial charge in [-0.1, -0.05) is 11.6 Å². The number of benzene rings is 1. The molecule has 1 aromatic rings. The van der Waals surface area contributed by atoms with Gasteiger partial charge in [-0.25, -0.2) is 0 Å². The zero-order chi connectivity index (χ0) is 16.1. The van der Waals surface area contributed by atoms with E-state index in [4.69, 9.17) is 21.1 Å². The predicted molar refractivity (Wildman–Crippen MR) is 80.1 cm³/mol. The van der Waals surface area contributed by atoms with Gasteiger partial charge in [-0.05, 0) is 12.1 Å². The molecular formula is C15H16ClNO5. The third-order valence-electron chi connectivity index (χ3n) is 3.06. The van der Waals surface area contributed by atoms with E-state index in [1.807, 2.05) is 4.90 Å². The third-order valence-corrected chi connectivity index (χ3v) is 3.41. The number of halogens is 1. The Balaban J connectivity index is 2.13. The predicted octanol–water partition coefficient (Wildman–Crippen LogP) is 1.91. The maximum Gasteiger partial charge on any atom is 0.308 e. The fourth-order valence-electron chi connectivity index (χ4n) is 2.00. The van der Waals surface area contributed by atoms with Crippen LogP contribution >= 0.6 is 11.6 Å². The molecule has 1 aliphatic rings. The summed E-state index contributed by atoms with van der Waals surface area (Å²) >= 11 is 6.12. The normalized spacial score (nSPS) is 15.5. The lowest BCUT2D eigenvalue weighted by Gasteiger charge is -2.27. The average molecular weight is 326 g/mol. The van der Waals surface area contributed by atoms with Crippen LogP contribution in [0.1, 0.15) is 17.3 Å². The van der Waals surface area contributed by atoms with Crippen LogP contribution in [0.2, 0.25) is 0 Å². The number of phenolic OH excluding ortho intramolecular Hbond substituents is 1. The molecule has 1 saturated heterocycles. The molecule has 7 heteroatoms. The molecule has 0 radical (unpaired) electrons. The van der Waals surface area contributed by atoms with Gasteiger partial charge in [0.15, 0.2) is 5.78 Å². The summed E-state index contributed by atoms with van der Waals surface area (Å²) in [6.07, 6.45) is 1.26. The summed E-state index contributed by atoms with van der Waals surface area (Å²) in [4.78, 5) is 24.8. The lowest BCUT2D eigenvalue weighted by Crippen LogP contribution is -2.34. The first-order valence-electron chi connectivity index (χ1n) is 6.73. The Kier molecular flexibility index (Phi) is 5.41. The molecule has 1 aliphatic heterocycles. The minimum atomic E-state index is -0.506. The highest BCUT2D eigenvalue weighted by Crippen LogP contribution is 2.25. The van der Waals surface area contributed by atoms with Gasteiger partial charge in [0.2, 0.25) is 0 Å². The first-order chi connectivity index (χ1) is 10.5. The molecule has 2 rings (SSSR count). The van der Waals surface area contributed by atoms with Crippen molar-refractivity contribution in [3.05, 3.63) is 35.0 Å². The molecule has 0 bridgehead atoms. The van der Waals surface area contributed by atoms with E-state index in [-0.39, 0.29) is 17.1 Å². The fourth-order valence-corrected chi connectivity index (χ4v) is 2.27. The highest BCUT2D eigenvalue weighted by molar-refractivity contribution is 6.31. The number of hydrogen-bond donors (Lipinski definition) is 1. The van der Waals surface area contributed by atoms with E-state index in [0.29, 0.717) is 31.5 Å². The van der Waals surface area contributed by atoms with Crippen LogP contribution in [-0.4, -0.2) is 48.1 Å². The second-order valence-electron chi connectivity index (χ2n) is 4.70. The average Bonchev–Trinajstić information content (AvgIpc) is 2.47. The third kappa shape index (κ3) is 4.22. The zero-order valence-electron chi connectivity index (χ0n) is 12.0. The maximum atomic E-state index is 12.2. The molecule has 1 fully saturated rings. The molecule has 1 aromatic carbocycles. The summed E-state index contributed by atoms with van der Waals surface area (Å²) < 4.78 is 10.0. The van der Waals surface area contributed by atoms with Crippen molar-refractivity contribution >= 4 is 23.4 Å². The number of nitrogens with zero attached hydrogens (tertiary/aromatic N) is 1. The van der Waals surface area contributed by atoms with E-state index in [2.05, 4.69) is 0 Å². The van der Waals surface area contributed by atoms with Crippen molar-refractivity contribution in [2.45, 2.75) is 6.92 Å². The first kappa shape index (κ1) is 16.3. The van der Waals surface area contributed by atoms with Crippen molar-refractivity contribution in [1.29, 1.82) is 0 Å². The summed E-state index contributed by atoms with van der Waals surface area (Å²) in [5.74, 6) is -1.03. The minimum Gasteiger partial charge on any atom is -0.507 e. The monoisotopic (exact) mass is 325 g/mol. The van der Waals surface area contributed by atoms with Crippen molar-refractivity contribution in [1.82, 2.24) is 4.90 Å². The van der Waals surface area contributed by atoms with Gasteiger partial charge in [0.1, 0.15) is 16.7 Å². The smallest absolute Gasteiger partial charge is 0.308 e. The summed E-state index contributed by atoms with van der Waals surface area (Å²) in [6, 6.07) is 4.03. The van der Waals surface area contributed by atoms with E-state index in [1.54, 1.807) is 0 Å². The Hall–Kier alpha value is -2.05. The second-order valence-corrected chi connectivity index (χ2v) is 5.09. The van der Waals surface area contributed by atoms with Gasteiger partial charge in [0.25, 0.3) is 0 Å². The van der Waals surface area contributed by atoms with E-state index >= 15 is 0 Å². The van der Waals surface area contributed by atoms with Gasteiger partial charge >= 0.3 is 5.97 Å². The van der Waals surface area contributed by atoms with Crippen LogP contribution in [0.3, 0.4) is 0 Å². The molecule has 1 heterocycles. The largest absolute Gasteiger partial charge is 0.507 e. The highest BCUT2D eigenvalue weighted by Gasteiger charge is 2.16. The number of phenols is 1. The Morgan fingerprint density at radius 1 is 1.36 bits per heavy atom. The second kappa shape index (κ2) is 7.29. The van der Waals surface area contributed by atoms with E-state index in [1.165, 1.54) is 31.2 Å². The summed E-state index contributed by atoms with van der Waals surface area (Å²) in [7, 11) is 0.